The average molecular weight is 311 g/mol. The molecule has 0 unspecified atom stereocenters. The zero-order chi connectivity index (χ0) is 15.2. The number of methoxy groups -OCH3 is 1. The van der Waals surface area contributed by atoms with Crippen LogP contribution in [0.4, 0.5) is 0 Å². The van der Waals surface area contributed by atoms with E-state index in [1.54, 1.807) is 18.2 Å². The molecule has 0 aromatic heterocycles. The second kappa shape index (κ2) is 9.23. The molecule has 0 bridgehead atoms. The monoisotopic (exact) mass is 311 g/mol. The van der Waals surface area contributed by atoms with Crippen LogP contribution < -0.4 is 44.7 Å². The van der Waals surface area contributed by atoms with Gasteiger partial charge in [0.15, 0.2) is 0 Å². The maximum atomic E-state index is 11.9. The van der Waals surface area contributed by atoms with Crippen molar-refractivity contribution in [2.45, 2.75) is 38.6 Å². The maximum Gasteiger partial charge on any atom is 1.00 e. The molecule has 1 aliphatic carbocycles. The van der Waals surface area contributed by atoms with Crippen LogP contribution in [0.25, 0.3) is 6.08 Å². The summed E-state index contributed by atoms with van der Waals surface area (Å²) in [5, 5.41) is 14.4. The maximum absolute atomic E-state index is 11.9. The second-order valence-electron chi connectivity index (χ2n) is 5.71. The Bertz CT molecular complexity index is 523. The summed E-state index contributed by atoms with van der Waals surface area (Å²) in [7, 11) is 1.46. The summed E-state index contributed by atoms with van der Waals surface area (Å²) in [4.78, 5) is 11.9. The quantitative estimate of drug-likeness (QED) is 0.601. The number of ether oxygens (including phenoxy) is 1. The zero-order valence-corrected chi connectivity index (χ0v) is 15.6. The van der Waals surface area contributed by atoms with Gasteiger partial charge in [-0.15, -0.1) is 0 Å². The summed E-state index contributed by atoms with van der Waals surface area (Å²) in [5.41, 5.74) is 0.777. The molecule has 0 atom stereocenters. The molecule has 2 rings (SSSR count). The van der Waals surface area contributed by atoms with Gasteiger partial charge in [0.2, 0.25) is 5.91 Å². The molecule has 114 valence electrons. The Balaban J connectivity index is 0.00000242. The molecule has 1 saturated carbocycles. The van der Waals surface area contributed by atoms with Gasteiger partial charge >= 0.3 is 29.6 Å². The number of hydrogen-bond donors (Lipinski definition) is 1. The summed E-state index contributed by atoms with van der Waals surface area (Å²) in [5.74, 6) is 0.820. The molecule has 1 amide bonds. The molecular weight excluding hydrogens is 289 g/mol. The van der Waals surface area contributed by atoms with E-state index in [2.05, 4.69) is 12.2 Å². The molecule has 0 saturated heterocycles. The Morgan fingerprint density at radius 3 is 2.64 bits per heavy atom. The van der Waals surface area contributed by atoms with Gasteiger partial charge in [-0.2, -0.15) is 0 Å². The summed E-state index contributed by atoms with van der Waals surface area (Å²) in [6.07, 6.45) is 7.67. The SMILES string of the molecule is COc1cc(C=CC(=O)NC2CCC(C)CC2)ccc1[O-].[Na+]. The van der Waals surface area contributed by atoms with Gasteiger partial charge in [-0.3, -0.25) is 4.79 Å². The summed E-state index contributed by atoms with van der Waals surface area (Å²) >= 11 is 0. The van der Waals surface area contributed by atoms with Crippen molar-refractivity contribution < 1.29 is 44.2 Å². The van der Waals surface area contributed by atoms with Crippen LogP contribution in [0.3, 0.4) is 0 Å². The Kier molecular flexibility index (Phi) is 8.01. The zero-order valence-electron chi connectivity index (χ0n) is 13.6. The molecule has 0 spiro atoms. The first kappa shape index (κ1) is 19.1. The number of nitrogens with one attached hydrogen (secondary N) is 1. The van der Waals surface area contributed by atoms with Crippen LogP contribution in [0.5, 0.6) is 11.5 Å². The number of hydrogen-bond acceptors (Lipinski definition) is 3. The minimum absolute atomic E-state index is 0. The van der Waals surface area contributed by atoms with Crippen molar-refractivity contribution in [2.75, 3.05) is 7.11 Å². The third kappa shape index (κ3) is 5.67. The van der Waals surface area contributed by atoms with Gasteiger partial charge in [0, 0.05) is 12.1 Å². The third-order valence-electron chi connectivity index (χ3n) is 3.98. The fraction of sp³-hybridized carbons (Fsp3) is 0.471. The van der Waals surface area contributed by atoms with Crippen molar-refractivity contribution in [2.24, 2.45) is 5.92 Å². The number of amides is 1. The van der Waals surface area contributed by atoms with E-state index in [9.17, 15) is 9.90 Å². The third-order valence-corrected chi connectivity index (χ3v) is 3.98. The number of carbonyl (C=O) groups excluding carboxylic acids is 1. The van der Waals surface area contributed by atoms with Crippen LogP contribution in [0.1, 0.15) is 38.2 Å². The van der Waals surface area contributed by atoms with Crippen LogP contribution in [0.2, 0.25) is 0 Å². The van der Waals surface area contributed by atoms with Gasteiger partial charge in [0.25, 0.3) is 0 Å². The van der Waals surface area contributed by atoms with Gasteiger partial charge < -0.3 is 15.2 Å². The standard InChI is InChI=1S/C17H23NO3.Na/c1-12-3-7-14(8-4-12)18-17(20)10-6-13-5-9-15(19)16(11-13)21-2;/h5-6,9-12,14,19H,3-4,7-8H2,1-2H3,(H,18,20);/q;+1/p-1. The molecule has 1 aromatic carbocycles. The molecule has 0 aliphatic heterocycles. The Hall–Kier alpha value is -0.970. The molecular formula is C17H22NNaO3. The van der Waals surface area contributed by atoms with Gasteiger partial charge in [0.05, 0.1) is 7.11 Å². The Morgan fingerprint density at radius 1 is 1.32 bits per heavy atom. The number of rotatable bonds is 4. The Labute approximate surface area is 154 Å². The van der Waals surface area contributed by atoms with Crippen molar-refractivity contribution in [1.82, 2.24) is 5.32 Å². The minimum Gasteiger partial charge on any atom is -0.870 e. The van der Waals surface area contributed by atoms with Gasteiger partial charge in [0.1, 0.15) is 5.75 Å². The topological polar surface area (TPSA) is 61.4 Å². The van der Waals surface area contributed by atoms with E-state index in [-0.39, 0.29) is 47.3 Å². The normalized spacial score (nSPS) is 21.2. The molecule has 5 heteroatoms. The molecule has 1 fully saturated rings. The van der Waals surface area contributed by atoms with Gasteiger partial charge in [-0.25, -0.2) is 0 Å². The smallest absolute Gasteiger partial charge is 0.870 e. The van der Waals surface area contributed by atoms with E-state index >= 15 is 0 Å². The summed E-state index contributed by atoms with van der Waals surface area (Å²) < 4.78 is 4.98. The van der Waals surface area contributed by atoms with Crippen LogP contribution in [-0.2, 0) is 4.79 Å². The van der Waals surface area contributed by atoms with Crippen LogP contribution in [0, 0.1) is 5.92 Å². The number of carbonyl (C=O) groups is 1. The molecule has 1 N–H and O–H groups in total. The summed E-state index contributed by atoms with van der Waals surface area (Å²) in [6.45, 7) is 2.25. The predicted octanol–water partition coefficient (Wildman–Crippen LogP) is -0.519. The summed E-state index contributed by atoms with van der Waals surface area (Å²) in [6, 6.07) is 5.04. The van der Waals surface area contributed by atoms with E-state index in [1.165, 1.54) is 32.1 Å². The first-order chi connectivity index (χ1) is 10.1. The van der Waals surface area contributed by atoms with E-state index in [1.807, 2.05) is 0 Å². The first-order valence-corrected chi connectivity index (χ1v) is 7.42. The van der Waals surface area contributed by atoms with Crippen molar-refractivity contribution >= 4 is 12.0 Å². The van der Waals surface area contributed by atoms with Crippen LogP contribution in [-0.4, -0.2) is 19.1 Å². The second-order valence-corrected chi connectivity index (χ2v) is 5.71. The largest absolute Gasteiger partial charge is 1.00 e. The van der Waals surface area contributed by atoms with Crippen molar-refractivity contribution in [3.05, 3.63) is 29.8 Å². The van der Waals surface area contributed by atoms with E-state index in [0.29, 0.717) is 5.75 Å². The predicted molar refractivity (Wildman–Crippen MR) is 81.0 cm³/mol. The molecule has 4 nitrogen and oxygen atoms in total. The fourth-order valence-corrected chi connectivity index (χ4v) is 2.61. The molecule has 1 aromatic rings. The van der Waals surface area contributed by atoms with E-state index < -0.39 is 0 Å². The van der Waals surface area contributed by atoms with Crippen LogP contribution >= 0.6 is 0 Å². The molecule has 0 radical (unpaired) electrons. The molecule has 0 heterocycles. The molecule has 1 aliphatic rings. The van der Waals surface area contributed by atoms with Gasteiger partial charge in [-0.1, -0.05) is 24.8 Å². The van der Waals surface area contributed by atoms with E-state index in [0.717, 1.165) is 24.3 Å². The molecule has 22 heavy (non-hydrogen) atoms. The Morgan fingerprint density at radius 2 is 2.00 bits per heavy atom. The minimum atomic E-state index is -0.157. The average Bonchev–Trinajstić information content (AvgIpc) is 2.49. The fourth-order valence-electron chi connectivity index (χ4n) is 2.61. The van der Waals surface area contributed by atoms with Crippen molar-refractivity contribution in [3.63, 3.8) is 0 Å². The number of benzene rings is 1. The van der Waals surface area contributed by atoms with E-state index in [4.69, 9.17) is 4.74 Å². The first-order valence-electron chi connectivity index (χ1n) is 7.42. The van der Waals surface area contributed by atoms with Gasteiger partial charge in [-0.05, 0) is 49.3 Å². The van der Waals surface area contributed by atoms with Crippen molar-refractivity contribution in [3.8, 4) is 11.5 Å². The van der Waals surface area contributed by atoms with Crippen LogP contribution in [0.15, 0.2) is 24.3 Å². The van der Waals surface area contributed by atoms with Crippen molar-refractivity contribution in [1.29, 1.82) is 0 Å².